The quantitative estimate of drug-likeness (QED) is 0.458. The van der Waals surface area contributed by atoms with E-state index in [1.54, 1.807) is 12.2 Å². The van der Waals surface area contributed by atoms with Crippen molar-refractivity contribution in [3.05, 3.63) is 47.6 Å². The first kappa shape index (κ1) is 19.3. The second-order valence-corrected chi connectivity index (χ2v) is 7.29. The molecule has 0 spiro atoms. The number of aldehydes is 1. The molecule has 0 saturated heterocycles. The van der Waals surface area contributed by atoms with Crippen molar-refractivity contribution >= 4 is 12.1 Å². The lowest BCUT2D eigenvalue weighted by molar-refractivity contribution is -0.127. The topological polar surface area (TPSA) is 54.4 Å². The molecule has 0 radical (unpaired) electrons. The van der Waals surface area contributed by atoms with Gasteiger partial charge in [-0.15, -0.1) is 0 Å². The molecule has 0 unspecified atom stereocenters. The molecule has 0 amide bonds. The molecular weight excluding hydrogens is 288 g/mol. The Balaban J connectivity index is 2.79. The van der Waals surface area contributed by atoms with Crippen LogP contribution in [0.3, 0.4) is 0 Å². The van der Waals surface area contributed by atoms with Crippen LogP contribution in [0.25, 0.3) is 0 Å². The highest BCUT2D eigenvalue weighted by Gasteiger charge is 2.52. The molecule has 0 bridgehead atoms. The number of hydrogen-bond donors (Lipinski definition) is 1. The van der Waals surface area contributed by atoms with Crippen LogP contribution >= 0.6 is 0 Å². The molecule has 3 nitrogen and oxygen atoms in total. The number of hydrogen-bond acceptors (Lipinski definition) is 3. The van der Waals surface area contributed by atoms with E-state index >= 15 is 0 Å². The summed E-state index contributed by atoms with van der Waals surface area (Å²) in [6.45, 7) is 9.80. The SMILES string of the molecule is CC(/C=C/C=C(C)/C=C/C(=O)[C@]1(C)C[C@@H](O)CC1(C)C)=C\C=O. The molecule has 1 fully saturated rings. The minimum absolute atomic E-state index is 0.0628. The Bertz CT molecular complexity index is 576. The van der Waals surface area contributed by atoms with Gasteiger partial charge in [0.05, 0.1) is 6.10 Å². The predicted octanol–water partition coefficient (Wildman–Crippen LogP) is 3.95. The van der Waals surface area contributed by atoms with Crippen molar-refractivity contribution in [2.24, 2.45) is 10.8 Å². The highest BCUT2D eigenvalue weighted by atomic mass is 16.3. The third-order valence-electron chi connectivity index (χ3n) is 4.97. The fraction of sp³-hybridized carbons (Fsp3) is 0.500. The van der Waals surface area contributed by atoms with Crippen LogP contribution in [0.1, 0.15) is 47.5 Å². The summed E-state index contributed by atoms with van der Waals surface area (Å²) in [6, 6.07) is 0. The Morgan fingerprint density at radius 1 is 1.00 bits per heavy atom. The van der Waals surface area contributed by atoms with Crippen molar-refractivity contribution in [2.75, 3.05) is 0 Å². The smallest absolute Gasteiger partial charge is 0.162 e. The second-order valence-electron chi connectivity index (χ2n) is 7.29. The van der Waals surface area contributed by atoms with Gasteiger partial charge in [-0.3, -0.25) is 9.59 Å². The number of aliphatic hydroxyl groups excluding tert-OH is 1. The summed E-state index contributed by atoms with van der Waals surface area (Å²) in [5, 5.41) is 9.91. The number of rotatable bonds is 6. The maximum atomic E-state index is 12.6. The lowest BCUT2D eigenvalue weighted by Crippen LogP contribution is -2.36. The number of allylic oxidation sites excluding steroid dienone is 8. The molecule has 23 heavy (non-hydrogen) atoms. The average Bonchev–Trinajstić information content (AvgIpc) is 2.65. The number of carbonyl (C=O) groups excluding carboxylic acids is 2. The summed E-state index contributed by atoms with van der Waals surface area (Å²) in [4.78, 5) is 22.9. The average molecular weight is 316 g/mol. The largest absolute Gasteiger partial charge is 0.393 e. The fourth-order valence-electron chi connectivity index (χ4n) is 3.03. The van der Waals surface area contributed by atoms with Gasteiger partial charge >= 0.3 is 0 Å². The molecular formula is C20H28O3. The summed E-state index contributed by atoms with van der Waals surface area (Å²) in [7, 11) is 0. The highest BCUT2D eigenvalue weighted by molar-refractivity contribution is 5.95. The van der Waals surface area contributed by atoms with Gasteiger partial charge in [0.1, 0.15) is 6.29 Å². The summed E-state index contributed by atoms with van der Waals surface area (Å²) >= 11 is 0. The van der Waals surface area contributed by atoms with Crippen LogP contribution in [-0.4, -0.2) is 23.3 Å². The van der Waals surface area contributed by atoms with E-state index in [0.717, 1.165) is 17.4 Å². The molecule has 1 aliphatic rings. The predicted molar refractivity (Wildman–Crippen MR) is 94.0 cm³/mol. The van der Waals surface area contributed by atoms with Gasteiger partial charge in [-0.1, -0.05) is 50.6 Å². The third-order valence-corrected chi connectivity index (χ3v) is 4.97. The van der Waals surface area contributed by atoms with Crippen molar-refractivity contribution in [3.63, 3.8) is 0 Å². The molecule has 1 rings (SSSR count). The zero-order valence-corrected chi connectivity index (χ0v) is 14.8. The normalized spacial score (nSPS) is 28.7. The third kappa shape index (κ3) is 4.87. The van der Waals surface area contributed by atoms with E-state index in [4.69, 9.17) is 0 Å². The van der Waals surface area contributed by atoms with E-state index in [1.165, 1.54) is 6.08 Å². The lowest BCUT2D eigenvalue weighted by Gasteiger charge is -2.35. The summed E-state index contributed by atoms with van der Waals surface area (Å²) in [5.41, 5.74) is 1.09. The fourth-order valence-corrected chi connectivity index (χ4v) is 3.03. The molecule has 1 aliphatic carbocycles. The van der Waals surface area contributed by atoms with Crippen LogP contribution in [0.5, 0.6) is 0 Å². The zero-order chi connectivity index (χ0) is 17.7. The molecule has 0 aromatic rings. The first-order chi connectivity index (χ1) is 10.6. The van der Waals surface area contributed by atoms with Crippen LogP contribution < -0.4 is 0 Å². The molecule has 1 saturated carbocycles. The molecule has 2 atom stereocenters. The first-order valence-corrected chi connectivity index (χ1v) is 8.00. The Morgan fingerprint density at radius 2 is 1.61 bits per heavy atom. The molecule has 0 aromatic heterocycles. The second kappa shape index (κ2) is 7.69. The monoisotopic (exact) mass is 316 g/mol. The maximum absolute atomic E-state index is 12.6. The maximum Gasteiger partial charge on any atom is 0.162 e. The molecule has 0 aromatic carbocycles. The van der Waals surface area contributed by atoms with Crippen molar-refractivity contribution < 1.29 is 14.7 Å². The van der Waals surface area contributed by atoms with Crippen LogP contribution in [0, 0.1) is 10.8 Å². The van der Waals surface area contributed by atoms with Crippen LogP contribution in [0.4, 0.5) is 0 Å². The van der Waals surface area contributed by atoms with Gasteiger partial charge in [0.25, 0.3) is 0 Å². The molecule has 3 heteroatoms. The van der Waals surface area contributed by atoms with Gasteiger partial charge in [-0.2, -0.15) is 0 Å². The number of carbonyl (C=O) groups is 2. The molecule has 126 valence electrons. The van der Waals surface area contributed by atoms with Gasteiger partial charge in [-0.25, -0.2) is 0 Å². The van der Waals surface area contributed by atoms with Crippen LogP contribution in [-0.2, 0) is 9.59 Å². The molecule has 1 N–H and O–H groups in total. The number of ketones is 1. The van der Waals surface area contributed by atoms with E-state index in [0.29, 0.717) is 12.8 Å². The minimum atomic E-state index is -0.525. The number of aliphatic hydroxyl groups is 1. The van der Waals surface area contributed by atoms with Gasteiger partial charge in [0.15, 0.2) is 5.78 Å². The van der Waals surface area contributed by atoms with Gasteiger partial charge in [0.2, 0.25) is 0 Å². The zero-order valence-electron chi connectivity index (χ0n) is 14.8. The molecule has 0 aliphatic heterocycles. The van der Waals surface area contributed by atoms with Gasteiger partial charge in [-0.05, 0) is 49.8 Å². The van der Waals surface area contributed by atoms with E-state index in [1.807, 2.05) is 52.8 Å². The van der Waals surface area contributed by atoms with E-state index in [9.17, 15) is 14.7 Å². The Morgan fingerprint density at radius 3 is 2.13 bits per heavy atom. The summed E-state index contributed by atoms with van der Waals surface area (Å²) in [5.74, 6) is 0.0628. The van der Waals surface area contributed by atoms with E-state index in [2.05, 4.69) is 0 Å². The van der Waals surface area contributed by atoms with Crippen LogP contribution in [0.2, 0.25) is 0 Å². The standard InChI is InChI=1S/C20H28O3/c1-15(7-6-8-16(2)11-12-21)9-10-18(23)20(5)14-17(22)13-19(20,3)4/h6-12,17,22H,13-14H2,1-5H3/b8-6+,10-9+,15-7+,16-11+/t17-,20-/m0/s1. The summed E-state index contributed by atoms with van der Waals surface area (Å²) in [6.07, 6.45) is 12.0. The van der Waals surface area contributed by atoms with E-state index in [-0.39, 0.29) is 11.2 Å². The van der Waals surface area contributed by atoms with Gasteiger partial charge < -0.3 is 5.11 Å². The summed E-state index contributed by atoms with van der Waals surface area (Å²) < 4.78 is 0. The van der Waals surface area contributed by atoms with Crippen molar-refractivity contribution in [1.82, 2.24) is 0 Å². The minimum Gasteiger partial charge on any atom is -0.393 e. The Labute approximate surface area is 139 Å². The van der Waals surface area contributed by atoms with E-state index < -0.39 is 11.5 Å². The van der Waals surface area contributed by atoms with Crippen molar-refractivity contribution in [3.8, 4) is 0 Å². The van der Waals surface area contributed by atoms with Gasteiger partial charge in [0, 0.05) is 5.41 Å². The first-order valence-electron chi connectivity index (χ1n) is 8.00. The van der Waals surface area contributed by atoms with Crippen molar-refractivity contribution in [2.45, 2.75) is 53.6 Å². The van der Waals surface area contributed by atoms with Crippen LogP contribution in [0.15, 0.2) is 47.6 Å². The highest BCUT2D eigenvalue weighted by Crippen LogP contribution is 2.53. The van der Waals surface area contributed by atoms with Crippen molar-refractivity contribution in [1.29, 1.82) is 0 Å². The molecule has 0 heterocycles. The lowest BCUT2D eigenvalue weighted by atomic mass is 9.66. The Hall–Kier alpha value is -1.74. The Kier molecular flexibility index (Phi) is 6.46.